The molecule has 6 nitrogen and oxygen atoms in total. The van der Waals surface area contributed by atoms with E-state index in [1.54, 1.807) is 13.1 Å². The first kappa shape index (κ1) is 17.7. The first-order valence-corrected chi connectivity index (χ1v) is 9.29. The first-order chi connectivity index (χ1) is 10.7. The molecule has 1 aromatic carbocycles. The number of ketones is 1. The molecule has 1 heterocycles. The van der Waals surface area contributed by atoms with Gasteiger partial charge in [0, 0.05) is 18.1 Å². The number of amides is 1. The number of carbonyl (C=O) groups excluding carboxylic acids is 2. The Morgan fingerprint density at radius 1 is 1.39 bits per heavy atom. The molecular formula is C15H18ClNO5S. The SMILES string of the molecule is CC(=O)c1cc(Cl)ccc1OCC(=O)N(C)[C@H]1CCS(=O)(=O)C1. The molecule has 1 atom stereocenters. The first-order valence-electron chi connectivity index (χ1n) is 7.09. The molecule has 1 aromatic rings. The fourth-order valence-corrected chi connectivity index (χ4v) is 4.38. The minimum atomic E-state index is -3.06. The van der Waals surface area contributed by atoms with E-state index >= 15 is 0 Å². The Labute approximate surface area is 140 Å². The van der Waals surface area contributed by atoms with Crippen molar-refractivity contribution in [3.63, 3.8) is 0 Å². The molecule has 1 aliphatic rings. The summed E-state index contributed by atoms with van der Waals surface area (Å²) in [5.41, 5.74) is 0.302. The second-order valence-electron chi connectivity index (χ2n) is 5.55. The van der Waals surface area contributed by atoms with Crippen molar-refractivity contribution in [1.82, 2.24) is 4.90 Å². The average molecular weight is 360 g/mol. The third-order valence-corrected chi connectivity index (χ3v) is 5.81. The Balaban J connectivity index is 2.01. The highest BCUT2D eigenvalue weighted by atomic mass is 35.5. The van der Waals surface area contributed by atoms with Gasteiger partial charge in [-0.25, -0.2) is 8.42 Å². The molecule has 0 unspecified atom stereocenters. The van der Waals surface area contributed by atoms with Crippen LogP contribution in [0, 0.1) is 0 Å². The lowest BCUT2D eigenvalue weighted by molar-refractivity contribution is -0.133. The fraction of sp³-hybridized carbons (Fsp3) is 0.467. The van der Waals surface area contributed by atoms with E-state index in [4.69, 9.17) is 16.3 Å². The molecule has 0 saturated carbocycles. The van der Waals surface area contributed by atoms with Gasteiger partial charge in [0.05, 0.1) is 17.1 Å². The van der Waals surface area contributed by atoms with E-state index < -0.39 is 9.84 Å². The van der Waals surface area contributed by atoms with E-state index in [0.29, 0.717) is 17.0 Å². The molecule has 8 heteroatoms. The van der Waals surface area contributed by atoms with Gasteiger partial charge in [-0.05, 0) is 31.5 Å². The van der Waals surface area contributed by atoms with E-state index in [1.165, 1.54) is 24.0 Å². The summed E-state index contributed by atoms with van der Waals surface area (Å²) in [7, 11) is -1.50. The zero-order chi connectivity index (χ0) is 17.2. The summed E-state index contributed by atoms with van der Waals surface area (Å²) in [5.74, 6) is -0.194. The summed E-state index contributed by atoms with van der Waals surface area (Å²) >= 11 is 5.85. The molecule has 126 valence electrons. The van der Waals surface area contributed by atoms with Crippen molar-refractivity contribution in [3.8, 4) is 5.75 Å². The fourth-order valence-electron chi connectivity index (χ4n) is 2.43. The highest BCUT2D eigenvalue weighted by Crippen LogP contribution is 2.24. The number of carbonyl (C=O) groups is 2. The van der Waals surface area contributed by atoms with Crippen LogP contribution < -0.4 is 4.74 Å². The van der Waals surface area contributed by atoms with E-state index in [0.717, 1.165) is 0 Å². The lowest BCUT2D eigenvalue weighted by Gasteiger charge is -2.23. The Morgan fingerprint density at radius 2 is 2.09 bits per heavy atom. The molecule has 1 aliphatic heterocycles. The number of sulfone groups is 1. The number of halogens is 1. The quantitative estimate of drug-likeness (QED) is 0.745. The molecule has 2 rings (SSSR count). The lowest BCUT2D eigenvalue weighted by Crippen LogP contribution is -2.40. The lowest BCUT2D eigenvalue weighted by atomic mass is 10.1. The highest BCUT2D eigenvalue weighted by molar-refractivity contribution is 7.91. The van der Waals surface area contributed by atoms with Gasteiger partial charge in [-0.15, -0.1) is 0 Å². The van der Waals surface area contributed by atoms with Gasteiger partial charge in [0.1, 0.15) is 5.75 Å². The monoisotopic (exact) mass is 359 g/mol. The van der Waals surface area contributed by atoms with Crippen molar-refractivity contribution in [2.24, 2.45) is 0 Å². The van der Waals surface area contributed by atoms with E-state index in [2.05, 4.69) is 0 Å². The summed E-state index contributed by atoms with van der Waals surface area (Å²) in [6.45, 7) is 1.12. The Hall–Kier alpha value is -1.60. The van der Waals surface area contributed by atoms with Gasteiger partial charge < -0.3 is 9.64 Å². The largest absolute Gasteiger partial charge is 0.483 e. The van der Waals surface area contributed by atoms with Crippen LogP contribution in [-0.4, -0.2) is 56.2 Å². The molecule has 1 saturated heterocycles. The maximum absolute atomic E-state index is 12.2. The van der Waals surface area contributed by atoms with Gasteiger partial charge in [-0.1, -0.05) is 11.6 Å². The maximum atomic E-state index is 12.2. The third kappa shape index (κ3) is 4.45. The molecular weight excluding hydrogens is 342 g/mol. The molecule has 1 amide bonds. The summed E-state index contributed by atoms with van der Waals surface area (Å²) in [6.07, 6.45) is 0.435. The van der Waals surface area contributed by atoms with Gasteiger partial charge in [-0.2, -0.15) is 0 Å². The number of ether oxygens (including phenoxy) is 1. The molecule has 23 heavy (non-hydrogen) atoms. The standard InChI is InChI=1S/C15H18ClNO5S/c1-10(18)13-7-11(16)3-4-14(13)22-8-15(19)17(2)12-5-6-23(20,21)9-12/h3-4,7,12H,5-6,8-9H2,1-2H3/t12-/m0/s1. The smallest absolute Gasteiger partial charge is 0.260 e. The van der Waals surface area contributed by atoms with Crippen LogP contribution in [0.2, 0.25) is 5.02 Å². The normalized spacial score (nSPS) is 19.3. The summed E-state index contributed by atoms with van der Waals surface area (Å²) in [6, 6.07) is 4.26. The molecule has 0 radical (unpaired) electrons. The number of rotatable bonds is 5. The van der Waals surface area contributed by atoms with Crippen LogP contribution in [0.4, 0.5) is 0 Å². The van der Waals surface area contributed by atoms with E-state index in [1.807, 2.05) is 0 Å². The second kappa shape index (κ2) is 6.88. The van der Waals surface area contributed by atoms with E-state index in [-0.39, 0.29) is 41.6 Å². The summed E-state index contributed by atoms with van der Waals surface area (Å²) < 4.78 is 28.4. The van der Waals surface area contributed by atoms with Crippen molar-refractivity contribution in [2.75, 3.05) is 25.2 Å². The molecule has 0 spiro atoms. The van der Waals surface area contributed by atoms with Gasteiger partial charge in [0.15, 0.2) is 22.2 Å². The van der Waals surface area contributed by atoms with Crippen molar-refractivity contribution in [3.05, 3.63) is 28.8 Å². The van der Waals surface area contributed by atoms with Crippen LogP contribution in [-0.2, 0) is 14.6 Å². The van der Waals surface area contributed by atoms with Crippen LogP contribution >= 0.6 is 11.6 Å². The summed E-state index contributed by atoms with van der Waals surface area (Å²) in [4.78, 5) is 25.1. The summed E-state index contributed by atoms with van der Waals surface area (Å²) in [5, 5.41) is 0.405. The Kier molecular flexibility index (Phi) is 5.31. The van der Waals surface area contributed by atoms with Crippen LogP contribution in [0.3, 0.4) is 0 Å². The molecule has 0 aromatic heterocycles. The maximum Gasteiger partial charge on any atom is 0.260 e. The Bertz CT molecular complexity index is 731. The van der Waals surface area contributed by atoms with Gasteiger partial charge in [0.2, 0.25) is 0 Å². The predicted molar refractivity (Wildman–Crippen MR) is 86.8 cm³/mol. The highest BCUT2D eigenvalue weighted by Gasteiger charge is 2.32. The number of hydrogen-bond acceptors (Lipinski definition) is 5. The third-order valence-electron chi connectivity index (χ3n) is 3.82. The van der Waals surface area contributed by atoms with Crippen molar-refractivity contribution >= 4 is 33.1 Å². The van der Waals surface area contributed by atoms with Crippen molar-refractivity contribution < 1.29 is 22.7 Å². The predicted octanol–water partition coefficient (Wildman–Crippen LogP) is 1.57. The number of hydrogen-bond donors (Lipinski definition) is 0. The topological polar surface area (TPSA) is 80.8 Å². The van der Waals surface area contributed by atoms with Crippen LogP contribution in [0.25, 0.3) is 0 Å². The minimum Gasteiger partial charge on any atom is -0.483 e. The van der Waals surface area contributed by atoms with Crippen molar-refractivity contribution in [1.29, 1.82) is 0 Å². The number of likely N-dealkylation sites (N-methyl/N-ethyl adjacent to an activating group) is 1. The van der Waals surface area contributed by atoms with Gasteiger partial charge >= 0.3 is 0 Å². The van der Waals surface area contributed by atoms with Crippen molar-refractivity contribution in [2.45, 2.75) is 19.4 Å². The molecule has 0 N–H and O–H groups in total. The van der Waals surface area contributed by atoms with Crippen LogP contribution in [0.1, 0.15) is 23.7 Å². The van der Waals surface area contributed by atoms with Gasteiger partial charge in [0.25, 0.3) is 5.91 Å². The van der Waals surface area contributed by atoms with Crippen LogP contribution in [0.15, 0.2) is 18.2 Å². The molecule has 0 bridgehead atoms. The number of benzene rings is 1. The minimum absolute atomic E-state index is 0.0190. The Morgan fingerprint density at radius 3 is 2.65 bits per heavy atom. The van der Waals surface area contributed by atoms with E-state index in [9.17, 15) is 18.0 Å². The zero-order valence-electron chi connectivity index (χ0n) is 12.9. The zero-order valence-corrected chi connectivity index (χ0v) is 14.5. The number of nitrogens with zero attached hydrogens (tertiary/aromatic N) is 1. The number of Topliss-reactive ketones (excluding diaryl/α,β-unsaturated/α-hetero) is 1. The average Bonchev–Trinajstić information content (AvgIpc) is 2.84. The van der Waals surface area contributed by atoms with Crippen LogP contribution in [0.5, 0.6) is 5.75 Å². The second-order valence-corrected chi connectivity index (χ2v) is 8.21. The molecule has 1 fully saturated rings. The molecule has 0 aliphatic carbocycles. The van der Waals surface area contributed by atoms with Gasteiger partial charge in [-0.3, -0.25) is 9.59 Å².